The van der Waals surface area contributed by atoms with Crippen molar-refractivity contribution in [2.45, 2.75) is 13.8 Å². The van der Waals surface area contributed by atoms with Gasteiger partial charge in [-0.3, -0.25) is 0 Å². The second kappa shape index (κ2) is 3.16. The van der Waals surface area contributed by atoms with Crippen LogP contribution in [-0.4, -0.2) is 9.96 Å². The molecule has 0 bridgehead atoms. The molecule has 0 N–H and O–H groups in total. The zero-order valence-electron chi connectivity index (χ0n) is 4.51. The fourth-order valence-corrected chi connectivity index (χ4v) is 0.816. The smallest absolute Gasteiger partial charge is 0.189 e. The molecule has 0 spiro atoms. The molecule has 0 fully saturated rings. The van der Waals surface area contributed by atoms with Gasteiger partial charge in [-0.25, -0.2) is 4.21 Å². The van der Waals surface area contributed by atoms with E-state index in [-0.39, 0.29) is 11.7 Å². The van der Waals surface area contributed by atoms with Gasteiger partial charge < -0.3 is 0 Å². The van der Waals surface area contributed by atoms with Crippen molar-refractivity contribution < 1.29 is 8.76 Å². The molecule has 0 aromatic heterocycles. The Morgan fingerprint density at radius 1 is 1.57 bits per heavy atom. The van der Waals surface area contributed by atoms with Gasteiger partial charge in [0.1, 0.15) is 0 Å². The van der Waals surface area contributed by atoms with Gasteiger partial charge in [0.25, 0.3) is 0 Å². The molecule has 0 aromatic carbocycles. The Morgan fingerprint density at radius 2 is 2.00 bits per heavy atom. The van der Waals surface area contributed by atoms with Gasteiger partial charge in [0, 0.05) is 0 Å². The predicted molar refractivity (Wildman–Crippen MR) is 28.5 cm³/mol. The van der Waals surface area contributed by atoms with Crippen LogP contribution < -0.4 is 0 Å². The van der Waals surface area contributed by atoms with E-state index in [1.807, 2.05) is 13.8 Å². The quantitative estimate of drug-likeness (QED) is 0.530. The first kappa shape index (κ1) is 7.11. The summed E-state index contributed by atoms with van der Waals surface area (Å²) in [6, 6.07) is 0. The lowest BCUT2D eigenvalue weighted by Crippen LogP contribution is -2.00. The van der Waals surface area contributed by atoms with Gasteiger partial charge >= 0.3 is 0 Å². The van der Waals surface area contributed by atoms with Gasteiger partial charge in [-0.05, 0) is 5.92 Å². The highest BCUT2D eigenvalue weighted by atomic mass is 32.2. The molecule has 0 saturated heterocycles. The summed E-state index contributed by atoms with van der Waals surface area (Å²) in [5.41, 5.74) is 0. The standard InChI is InChI=1S/C4H9O2S/c1-4(2)3-7(5)6/h4H,3H2,1-2H3. The highest BCUT2D eigenvalue weighted by Gasteiger charge is 1.97. The summed E-state index contributed by atoms with van der Waals surface area (Å²) in [4.78, 5) is 0. The van der Waals surface area contributed by atoms with Gasteiger partial charge in [-0.15, -0.1) is 4.55 Å². The molecule has 7 heavy (non-hydrogen) atoms. The Balaban J connectivity index is 3.13. The van der Waals surface area contributed by atoms with Crippen molar-refractivity contribution in [2.24, 2.45) is 5.92 Å². The summed E-state index contributed by atoms with van der Waals surface area (Å²) in [5, 5.41) is 0. The maximum Gasteiger partial charge on any atom is 0.189 e. The molecular formula is C4H9O2S. The fraction of sp³-hybridized carbons (Fsp3) is 1.00. The van der Waals surface area contributed by atoms with Crippen LogP contribution in [0.5, 0.6) is 0 Å². The molecule has 2 nitrogen and oxygen atoms in total. The van der Waals surface area contributed by atoms with Gasteiger partial charge in [0.2, 0.25) is 0 Å². The Kier molecular flexibility index (Phi) is 3.21. The molecule has 0 saturated carbocycles. The summed E-state index contributed by atoms with van der Waals surface area (Å²) in [7, 11) is 0. The Bertz CT molecular complexity index is 70.1. The van der Waals surface area contributed by atoms with Gasteiger partial charge in [0.15, 0.2) is 11.1 Å². The predicted octanol–water partition coefficient (Wildman–Crippen LogP) is 0.737. The molecule has 0 aromatic rings. The Morgan fingerprint density at radius 3 is 2.00 bits per heavy atom. The lowest BCUT2D eigenvalue weighted by Gasteiger charge is -1.93. The van der Waals surface area contributed by atoms with E-state index in [9.17, 15) is 8.76 Å². The van der Waals surface area contributed by atoms with E-state index >= 15 is 0 Å². The number of hydrogen-bond donors (Lipinski definition) is 0. The molecule has 43 valence electrons. The summed E-state index contributed by atoms with van der Waals surface area (Å²) in [6.45, 7) is 3.74. The molecule has 0 amide bonds. The molecule has 0 heterocycles. The van der Waals surface area contributed by atoms with Crippen molar-refractivity contribution in [3.8, 4) is 0 Å². The number of hydrogen-bond acceptors (Lipinski definition) is 1. The lowest BCUT2D eigenvalue weighted by molar-refractivity contribution is 0.466. The molecule has 0 aliphatic heterocycles. The highest BCUT2D eigenvalue weighted by molar-refractivity contribution is 7.78. The van der Waals surface area contributed by atoms with E-state index in [1.165, 1.54) is 0 Å². The molecule has 1 atom stereocenters. The molecule has 1 radical (unpaired) electrons. The normalized spacial score (nSPS) is 14.9. The van der Waals surface area contributed by atoms with Crippen molar-refractivity contribution in [3.63, 3.8) is 0 Å². The summed E-state index contributed by atoms with van der Waals surface area (Å²) in [5.74, 6) is 0.540. The maximum atomic E-state index is 9.81. The third kappa shape index (κ3) is 6.11. The molecule has 0 rings (SSSR count). The molecule has 1 unspecified atom stereocenters. The zero-order valence-corrected chi connectivity index (χ0v) is 5.33. The first-order chi connectivity index (χ1) is 3.13. The average Bonchev–Trinajstić information content (AvgIpc) is 1.27. The van der Waals surface area contributed by atoms with E-state index in [0.717, 1.165) is 0 Å². The SMILES string of the molecule is CC(C)CS([O])=O. The van der Waals surface area contributed by atoms with Crippen molar-refractivity contribution >= 4 is 11.1 Å². The van der Waals surface area contributed by atoms with Crippen LogP contribution in [0.3, 0.4) is 0 Å². The van der Waals surface area contributed by atoms with E-state index in [0.29, 0.717) is 0 Å². The topological polar surface area (TPSA) is 37.0 Å². The summed E-state index contributed by atoms with van der Waals surface area (Å²) < 4.78 is 19.6. The second-order valence-electron chi connectivity index (χ2n) is 1.86. The summed E-state index contributed by atoms with van der Waals surface area (Å²) >= 11 is -1.85. The summed E-state index contributed by atoms with van der Waals surface area (Å²) in [6.07, 6.45) is 0. The Hall–Kier alpha value is 0.110. The third-order valence-electron chi connectivity index (χ3n) is 0.469. The lowest BCUT2D eigenvalue weighted by atomic mass is 10.3. The van der Waals surface area contributed by atoms with Crippen molar-refractivity contribution in [1.82, 2.24) is 0 Å². The van der Waals surface area contributed by atoms with Crippen LogP contribution in [0.25, 0.3) is 0 Å². The van der Waals surface area contributed by atoms with Crippen molar-refractivity contribution in [1.29, 1.82) is 0 Å². The number of rotatable bonds is 2. The maximum absolute atomic E-state index is 9.81. The van der Waals surface area contributed by atoms with E-state index in [2.05, 4.69) is 0 Å². The van der Waals surface area contributed by atoms with Crippen LogP contribution in [-0.2, 0) is 15.6 Å². The van der Waals surface area contributed by atoms with Crippen LogP contribution in [0.4, 0.5) is 0 Å². The van der Waals surface area contributed by atoms with E-state index in [1.54, 1.807) is 0 Å². The van der Waals surface area contributed by atoms with Crippen LogP contribution in [0, 0.1) is 5.92 Å². The monoisotopic (exact) mass is 121 g/mol. The van der Waals surface area contributed by atoms with Crippen molar-refractivity contribution in [2.75, 3.05) is 5.75 Å². The van der Waals surface area contributed by atoms with E-state index in [4.69, 9.17) is 0 Å². The average molecular weight is 121 g/mol. The Labute approximate surface area is 46.2 Å². The molecule has 3 heteroatoms. The van der Waals surface area contributed by atoms with E-state index < -0.39 is 11.1 Å². The van der Waals surface area contributed by atoms with Gasteiger partial charge in [0.05, 0.1) is 5.75 Å². The minimum atomic E-state index is -1.85. The minimum Gasteiger partial charge on any atom is -0.227 e. The van der Waals surface area contributed by atoms with Crippen LogP contribution in [0.15, 0.2) is 0 Å². The largest absolute Gasteiger partial charge is 0.227 e. The first-order valence-corrected chi connectivity index (χ1v) is 3.43. The zero-order chi connectivity index (χ0) is 5.86. The van der Waals surface area contributed by atoms with Crippen LogP contribution in [0.2, 0.25) is 0 Å². The minimum absolute atomic E-state index is 0.262. The molecule has 0 aliphatic rings. The third-order valence-corrected chi connectivity index (χ3v) is 1.41. The van der Waals surface area contributed by atoms with Crippen LogP contribution >= 0.6 is 0 Å². The second-order valence-corrected chi connectivity index (χ2v) is 2.81. The molecular weight excluding hydrogens is 112 g/mol. The van der Waals surface area contributed by atoms with Crippen LogP contribution in [0.1, 0.15) is 13.8 Å². The van der Waals surface area contributed by atoms with Crippen molar-refractivity contribution in [3.05, 3.63) is 0 Å². The molecule has 0 aliphatic carbocycles. The van der Waals surface area contributed by atoms with Gasteiger partial charge in [-0.2, -0.15) is 0 Å². The first-order valence-electron chi connectivity index (χ1n) is 2.18. The highest BCUT2D eigenvalue weighted by Crippen LogP contribution is 1.91. The van der Waals surface area contributed by atoms with Gasteiger partial charge in [-0.1, -0.05) is 13.8 Å². The fourth-order valence-electron chi connectivity index (χ4n) is 0.272.